The Hall–Kier alpha value is -3.22. The average Bonchev–Trinajstić information content (AvgIpc) is 3.16. The SMILES string of the molecule is CCCCC(=O)OC(C)(C)COc1c(-c2cccc3c2CNC3=O)ccc(OC)c1OC. The van der Waals surface area contributed by atoms with Crippen molar-refractivity contribution in [2.75, 3.05) is 20.8 Å². The van der Waals surface area contributed by atoms with Crippen molar-refractivity contribution in [3.8, 4) is 28.4 Å². The number of hydrogen-bond acceptors (Lipinski definition) is 6. The van der Waals surface area contributed by atoms with Gasteiger partial charge in [0.1, 0.15) is 12.2 Å². The van der Waals surface area contributed by atoms with Gasteiger partial charge >= 0.3 is 5.97 Å². The lowest BCUT2D eigenvalue weighted by atomic mass is 9.95. The summed E-state index contributed by atoms with van der Waals surface area (Å²) in [6, 6.07) is 9.29. The Morgan fingerprint density at radius 3 is 2.47 bits per heavy atom. The third-order valence-corrected chi connectivity index (χ3v) is 5.33. The fraction of sp³-hybridized carbons (Fsp3) is 0.440. The number of carbonyl (C=O) groups excluding carboxylic acids is 2. The summed E-state index contributed by atoms with van der Waals surface area (Å²) in [6.45, 7) is 6.21. The van der Waals surface area contributed by atoms with Gasteiger partial charge in [0.2, 0.25) is 5.75 Å². The minimum Gasteiger partial charge on any atom is -0.493 e. The molecule has 0 unspecified atom stereocenters. The van der Waals surface area contributed by atoms with E-state index in [9.17, 15) is 9.59 Å². The summed E-state index contributed by atoms with van der Waals surface area (Å²) in [4.78, 5) is 24.3. The third kappa shape index (κ3) is 4.98. The number of hydrogen-bond donors (Lipinski definition) is 1. The molecular formula is C25H31NO6. The smallest absolute Gasteiger partial charge is 0.306 e. The zero-order valence-electron chi connectivity index (χ0n) is 19.4. The van der Waals surface area contributed by atoms with Crippen molar-refractivity contribution in [1.29, 1.82) is 0 Å². The summed E-state index contributed by atoms with van der Waals surface area (Å²) in [5.41, 5.74) is 2.35. The van der Waals surface area contributed by atoms with Crippen LogP contribution in [-0.2, 0) is 16.1 Å². The first-order chi connectivity index (χ1) is 15.3. The Labute approximate surface area is 189 Å². The molecule has 0 atom stereocenters. The van der Waals surface area contributed by atoms with Gasteiger partial charge in [-0.3, -0.25) is 9.59 Å². The third-order valence-electron chi connectivity index (χ3n) is 5.33. The first kappa shape index (κ1) is 23.4. The highest BCUT2D eigenvalue weighted by molar-refractivity contribution is 6.01. The van der Waals surface area contributed by atoms with Crippen LogP contribution in [0, 0.1) is 0 Å². The number of fused-ring (bicyclic) bond motifs is 1. The number of rotatable bonds is 10. The van der Waals surface area contributed by atoms with Gasteiger partial charge in [0.15, 0.2) is 11.5 Å². The second-order valence-electron chi connectivity index (χ2n) is 8.32. The van der Waals surface area contributed by atoms with Crippen LogP contribution in [0.3, 0.4) is 0 Å². The molecule has 1 amide bonds. The maximum Gasteiger partial charge on any atom is 0.306 e. The maximum atomic E-state index is 12.2. The highest BCUT2D eigenvalue weighted by atomic mass is 16.6. The van der Waals surface area contributed by atoms with Crippen LogP contribution < -0.4 is 19.5 Å². The standard InChI is InChI=1S/C25H31NO6/c1-6-7-11-21(27)32-25(2,3)15-31-22-17(12-13-20(29-4)23(22)30-5)16-9-8-10-18-19(16)14-26-24(18)28/h8-10,12-13H,6-7,11,14-15H2,1-5H3,(H,26,28). The first-order valence-electron chi connectivity index (χ1n) is 10.8. The Kier molecular flexibility index (Phi) is 7.28. The van der Waals surface area contributed by atoms with Gasteiger partial charge in [-0.25, -0.2) is 0 Å². The van der Waals surface area contributed by atoms with E-state index < -0.39 is 5.60 Å². The van der Waals surface area contributed by atoms with Crippen LogP contribution in [0.15, 0.2) is 30.3 Å². The molecule has 0 aliphatic carbocycles. The molecule has 0 saturated carbocycles. The van der Waals surface area contributed by atoms with Crippen LogP contribution in [-0.4, -0.2) is 38.3 Å². The molecule has 172 valence electrons. The lowest BCUT2D eigenvalue weighted by Gasteiger charge is -2.27. The Morgan fingerprint density at radius 2 is 1.78 bits per heavy atom. The van der Waals surface area contributed by atoms with E-state index >= 15 is 0 Å². The number of esters is 1. The number of unbranched alkanes of at least 4 members (excludes halogenated alkanes) is 1. The molecule has 1 aliphatic heterocycles. The topological polar surface area (TPSA) is 83.1 Å². The predicted octanol–water partition coefficient (Wildman–Crippen LogP) is 4.51. The minimum atomic E-state index is -0.841. The Bertz CT molecular complexity index is 998. The van der Waals surface area contributed by atoms with Gasteiger partial charge < -0.3 is 24.3 Å². The van der Waals surface area contributed by atoms with E-state index in [1.165, 1.54) is 0 Å². The highest BCUT2D eigenvalue weighted by Gasteiger charge is 2.28. The van der Waals surface area contributed by atoms with Gasteiger partial charge in [-0.15, -0.1) is 0 Å². The van der Waals surface area contributed by atoms with Crippen molar-refractivity contribution in [3.63, 3.8) is 0 Å². The Morgan fingerprint density at radius 1 is 1.03 bits per heavy atom. The molecular weight excluding hydrogens is 410 g/mol. The highest BCUT2D eigenvalue weighted by Crippen LogP contribution is 2.46. The number of amides is 1. The Balaban J connectivity index is 1.96. The van der Waals surface area contributed by atoms with E-state index in [1.807, 2.05) is 39.0 Å². The van der Waals surface area contributed by atoms with Crippen LogP contribution in [0.4, 0.5) is 0 Å². The molecule has 0 spiro atoms. The monoisotopic (exact) mass is 441 g/mol. The number of benzene rings is 2. The van der Waals surface area contributed by atoms with Gasteiger partial charge in [-0.2, -0.15) is 0 Å². The van der Waals surface area contributed by atoms with Gasteiger partial charge in [-0.05, 0) is 49.6 Å². The summed E-state index contributed by atoms with van der Waals surface area (Å²) in [7, 11) is 3.11. The summed E-state index contributed by atoms with van der Waals surface area (Å²) >= 11 is 0. The normalized spacial score (nSPS) is 12.7. The fourth-order valence-electron chi connectivity index (χ4n) is 3.72. The van der Waals surface area contributed by atoms with E-state index in [0.29, 0.717) is 35.8 Å². The molecule has 32 heavy (non-hydrogen) atoms. The number of carbonyl (C=O) groups is 2. The first-order valence-corrected chi connectivity index (χ1v) is 10.8. The summed E-state index contributed by atoms with van der Waals surface area (Å²) in [5.74, 6) is 1.09. The molecule has 0 saturated heterocycles. The van der Waals surface area contributed by atoms with Crippen LogP contribution in [0.25, 0.3) is 11.1 Å². The van der Waals surface area contributed by atoms with Crippen molar-refractivity contribution in [3.05, 3.63) is 41.5 Å². The van der Waals surface area contributed by atoms with Crippen molar-refractivity contribution in [2.24, 2.45) is 0 Å². The number of ether oxygens (including phenoxy) is 4. The van der Waals surface area contributed by atoms with Gasteiger partial charge in [-0.1, -0.05) is 25.5 Å². The molecule has 2 aromatic rings. The predicted molar refractivity (Wildman–Crippen MR) is 121 cm³/mol. The fourth-order valence-corrected chi connectivity index (χ4v) is 3.72. The zero-order chi connectivity index (χ0) is 23.3. The van der Waals surface area contributed by atoms with Crippen LogP contribution in [0.5, 0.6) is 17.2 Å². The van der Waals surface area contributed by atoms with Gasteiger partial charge in [0, 0.05) is 24.1 Å². The summed E-state index contributed by atoms with van der Waals surface area (Å²) < 4.78 is 23.0. The summed E-state index contributed by atoms with van der Waals surface area (Å²) in [5, 5.41) is 2.87. The van der Waals surface area contributed by atoms with Crippen LogP contribution in [0.2, 0.25) is 0 Å². The van der Waals surface area contributed by atoms with E-state index in [2.05, 4.69) is 5.32 Å². The van der Waals surface area contributed by atoms with Crippen LogP contribution >= 0.6 is 0 Å². The molecule has 0 radical (unpaired) electrons. The second-order valence-corrected chi connectivity index (χ2v) is 8.32. The average molecular weight is 442 g/mol. The van der Waals surface area contributed by atoms with Gasteiger partial charge in [0.05, 0.1) is 14.2 Å². The molecule has 1 N–H and O–H groups in total. The van der Waals surface area contributed by atoms with Crippen molar-refractivity contribution in [1.82, 2.24) is 5.32 Å². The minimum absolute atomic E-state index is 0.0927. The number of methoxy groups -OCH3 is 2. The number of nitrogens with one attached hydrogen (secondary N) is 1. The zero-order valence-corrected chi connectivity index (χ0v) is 19.4. The molecule has 2 aromatic carbocycles. The molecule has 1 aliphatic rings. The maximum absolute atomic E-state index is 12.2. The largest absolute Gasteiger partial charge is 0.493 e. The van der Waals surface area contributed by atoms with E-state index in [4.69, 9.17) is 18.9 Å². The molecule has 7 nitrogen and oxygen atoms in total. The van der Waals surface area contributed by atoms with Crippen molar-refractivity contribution in [2.45, 2.75) is 52.2 Å². The second kappa shape index (κ2) is 9.94. The molecule has 1 heterocycles. The lowest BCUT2D eigenvalue weighted by Crippen LogP contribution is -2.35. The molecule has 0 fully saturated rings. The van der Waals surface area contributed by atoms with Crippen molar-refractivity contribution >= 4 is 11.9 Å². The summed E-state index contributed by atoms with van der Waals surface area (Å²) in [6.07, 6.45) is 2.09. The van der Waals surface area contributed by atoms with E-state index in [0.717, 1.165) is 29.5 Å². The molecule has 0 bridgehead atoms. The molecule has 3 rings (SSSR count). The molecule has 7 heteroatoms. The van der Waals surface area contributed by atoms with Gasteiger partial charge in [0.25, 0.3) is 5.91 Å². The van der Waals surface area contributed by atoms with E-state index in [-0.39, 0.29) is 18.5 Å². The van der Waals surface area contributed by atoms with E-state index in [1.54, 1.807) is 26.4 Å². The lowest BCUT2D eigenvalue weighted by molar-refractivity contribution is -0.159. The van der Waals surface area contributed by atoms with Crippen LogP contribution in [0.1, 0.15) is 56.0 Å². The quantitative estimate of drug-likeness (QED) is 0.547. The van der Waals surface area contributed by atoms with Crippen molar-refractivity contribution < 1.29 is 28.5 Å². The molecule has 0 aromatic heterocycles.